The zero-order valence-corrected chi connectivity index (χ0v) is 24.4. The number of aromatic nitrogens is 3. The summed E-state index contributed by atoms with van der Waals surface area (Å²) < 4.78 is 34.9. The second-order valence-electron chi connectivity index (χ2n) is 11.4. The van der Waals surface area contributed by atoms with E-state index in [0.29, 0.717) is 16.9 Å². The first-order valence-corrected chi connectivity index (χ1v) is 14.2. The molecule has 1 saturated heterocycles. The van der Waals surface area contributed by atoms with Crippen LogP contribution in [-0.2, 0) is 4.79 Å². The van der Waals surface area contributed by atoms with Crippen molar-refractivity contribution in [3.8, 4) is 22.6 Å². The lowest BCUT2D eigenvalue weighted by atomic mass is 9.98. The summed E-state index contributed by atoms with van der Waals surface area (Å²) >= 11 is 0. The first kappa shape index (κ1) is 28.3. The van der Waals surface area contributed by atoms with Gasteiger partial charge in [-0.25, -0.2) is 13.6 Å². The van der Waals surface area contributed by atoms with E-state index in [1.165, 1.54) is 22.8 Å². The molecular weight excluding hydrogens is 554 g/mol. The fraction of sp³-hybridized carbons (Fsp3) is 0.312. The second kappa shape index (κ2) is 10.5. The summed E-state index contributed by atoms with van der Waals surface area (Å²) in [6.07, 6.45) is 2.88. The lowest BCUT2D eigenvalue weighted by molar-refractivity contribution is -0.128. The zero-order chi connectivity index (χ0) is 30.7. The number of anilines is 2. The minimum Gasteiger partial charge on any atom is -0.507 e. The van der Waals surface area contributed by atoms with Crippen molar-refractivity contribution in [2.75, 3.05) is 29.9 Å². The lowest BCUT2D eigenvalue weighted by Gasteiger charge is -2.45. The number of phenols is 1. The Kier molecular flexibility index (Phi) is 6.90. The molecule has 2 aromatic carbocycles. The van der Waals surface area contributed by atoms with Crippen LogP contribution in [0.4, 0.5) is 20.3 Å². The van der Waals surface area contributed by atoms with Gasteiger partial charge in [0.15, 0.2) is 11.6 Å². The van der Waals surface area contributed by atoms with Crippen molar-refractivity contribution in [1.29, 1.82) is 0 Å². The first-order chi connectivity index (χ1) is 20.5. The van der Waals surface area contributed by atoms with Crippen LogP contribution in [0.1, 0.15) is 37.9 Å². The lowest BCUT2D eigenvalue weighted by Crippen LogP contribution is -2.60. The maximum absolute atomic E-state index is 17.1. The van der Waals surface area contributed by atoms with E-state index in [-0.39, 0.29) is 71.2 Å². The Morgan fingerprint density at radius 2 is 1.93 bits per heavy atom. The van der Waals surface area contributed by atoms with Crippen LogP contribution >= 0.6 is 0 Å². The molecule has 11 heteroatoms. The van der Waals surface area contributed by atoms with Crippen molar-refractivity contribution < 1.29 is 18.7 Å². The number of carbonyl (C=O) groups is 1. The van der Waals surface area contributed by atoms with Crippen molar-refractivity contribution in [1.82, 2.24) is 19.4 Å². The Morgan fingerprint density at radius 3 is 2.63 bits per heavy atom. The molecule has 222 valence electrons. The molecule has 1 amide bonds. The smallest absolute Gasteiger partial charge is 0.354 e. The van der Waals surface area contributed by atoms with Gasteiger partial charge in [-0.2, -0.15) is 4.98 Å². The molecule has 2 N–H and O–H groups in total. The highest BCUT2D eigenvalue weighted by molar-refractivity contribution is 6.05. The van der Waals surface area contributed by atoms with Crippen molar-refractivity contribution in [2.24, 2.45) is 0 Å². The van der Waals surface area contributed by atoms with E-state index in [9.17, 15) is 14.7 Å². The normalized spacial score (nSPS) is 17.9. The highest BCUT2D eigenvalue weighted by Crippen LogP contribution is 2.45. The van der Waals surface area contributed by atoms with Gasteiger partial charge in [0.1, 0.15) is 17.1 Å². The first-order valence-electron chi connectivity index (χ1n) is 14.2. The SMILES string of the molecule is C=CC(=O)N1CC2CNc3c(F)c(-c4ccccc4O)c(F)c4c3c(nc(=O)n4-c3c(C)ccnc3C(C)C)N2CC1C. The Bertz CT molecular complexity index is 1870. The number of aromatic hydroxyl groups is 1. The molecule has 0 radical (unpaired) electrons. The van der Waals surface area contributed by atoms with Crippen LogP contribution in [0.5, 0.6) is 5.75 Å². The number of rotatable bonds is 4. The van der Waals surface area contributed by atoms with E-state index >= 15 is 8.78 Å². The molecule has 2 aliphatic rings. The fourth-order valence-corrected chi connectivity index (χ4v) is 6.30. The van der Waals surface area contributed by atoms with Gasteiger partial charge in [0, 0.05) is 37.4 Å². The highest BCUT2D eigenvalue weighted by Gasteiger charge is 2.40. The molecule has 2 aliphatic heterocycles. The quantitative estimate of drug-likeness (QED) is 0.329. The number of hydrogen-bond donors (Lipinski definition) is 2. The van der Waals surface area contributed by atoms with Crippen LogP contribution in [0.25, 0.3) is 27.7 Å². The largest absolute Gasteiger partial charge is 0.507 e. The number of pyridine rings is 1. The van der Waals surface area contributed by atoms with Gasteiger partial charge in [0.25, 0.3) is 0 Å². The van der Waals surface area contributed by atoms with E-state index in [1.54, 1.807) is 36.2 Å². The highest BCUT2D eigenvalue weighted by atomic mass is 19.1. The molecule has 6 rings (SSSR count). The van der Waals surface area contributed by atoms with E-state index in [0.717, 1.165) is 0 Å². The van der Waals surface area contributed by atoms with Crippen molar-refractivity contribution >= 4 is 28.3 Å². The zero-order valence-electron chi connectivity index (χ0n) is 24.4. The van der Waals surface area contributed by atoms with Crippen LogP contribution in [0.2, 0.25) is 0 Å². The predicted octanol–water partition coefficient (Wildman–Crippen LogP) is 4.88. The molecule has 2 unspecified atom stereocenters. The summed E-state index contributed by atoms with van der Waals surface area (Å²) in [6, 6.07) is 6.95. The van der Waals surface area contributed by atoms with Gasteiger partial charge in [-0.1, -0.05) is 38.6 Å². The molecule has 2 atom stereocenters. The Balaban J connectivity index is 1.75. The van der Waals surface area contributed by atoms with Gasteiger partial charge in [-0.3, -0.25) is 14.3 Å². The Labute approximate surface area is 247 Å². The van der Waals surface area contributed by atoms with Gasteiger partial charge >= 0.3 is 5.69 Å². The van der Waals surface area contributed by atoms with Crippen molar-refractivity contribution in [2.45, 2.75) is 45.7 Å². The van der Waals surface area contributed by atoms with Gasteiger partial charge in [-0.15, -0.1) is 0 Å². The molecule has 9 nitrogen and oxygen atoms in total. The number of aryl methyl sites for hydroxylation is 1. The summed E-state index contributed by atoms with van der Waals surface area (Å²) in [5.41, 5.74) is 0.100. The van der Waals surface area contributed by atoms with E-state index in [2.05, 4.69) is 21.9 Å². The number of hydrogen-bond acceptors (Lipinski definition) is 7. The summed E-state index contributed by atoms with van der Waals surface area (Å²) in [4.78, 5) is 39.2. The molecule has 0 saturated carbocycles. The number of nitrogens with one attached hydrogen (secondary N) is 1. The predicted molar refractivity (Wildman–Crippen MR) is 162 cm³/mol. The average Bonchev–Trinajstić information content (AvgIpc) is 3.12. The number of nitrogens with zero attached hydrogens (tertiary/aromatic N) is 5. The van der Waals surface area contributed by atoms with Crippen LogP contribution in [0.15, 0.2) is 54.0 Å². The molecule has 0 aliphatic carbocycles. The molecule has 4 heterocycles. The third-order valence-electron chi connectivity index (χ3n) is 8.38. The monoisotopic (exact) mass is 586 g/mol. The minimum atomic E-state index is -1.01. The molecule has 4 aromatic rings. The molecule has 2 aromatic heterocycles. The van der Waals surface area contributed by atoms with Crippen molar-refractivity contribution in [3.63, 3.8) is 0 Å². The van der Waals surface area contributed by atoms with Gasteiger partial charge < -0.3 is 20.2 Å². The molecule has 0 bridgehead atoms. The molecule has 1 fully saturated rings. The number of benzene rings is 2. The van der Waals surface area contributed by atoms with E-state index in [1.807, 2.05) is 25.7 Å². The van der Waals surface area contributed by atoms with Crippen LogP contribution in [0.3, 0.4) is 0 Å². The average molecular weight is 587 g/mol. The summed E-state index contributed by atoms with van der Waals surface area (Å²) in [5.74, 6) is -2.48. The third-order valence-corrected chi connectivity index (χ3v) is 8.38. The standard InChI is InChI=1S/C32H32F2N6O3/c1-6-22(42)38-15-19-13-36-28-24-30(26(34)23(25(28)33)20-9-7-8-10-21(20)41)40(29-17(4)11-12-35-27(29)16(2)3)32(43)37-31(24)39(19)14-18(38)5/h6-12,16,18-19,36,41H,1,13-15H2,2-5H3. The number of carbonyl (C=O) groups excluding carboxylic acids is 1. The number of phenolic OH excluding ortho intramolecular Hbond substituents is 1. The van der Waals surface area contributed by atoms with Gasteiger partial charge in [0.05, 0.1) is 34.1 Å². The van der Waals surface area contributed by atoms with E-state index in [4.69, 9.17) is 0 Å². The molecule has 0 spiro atoms. The number of fused-ring (bicyclic) bond motifs is 2. The number of piperazine rings is 1. The third kappa shape index (κ3) is 4.33. The second-order valence-corrected chi connectivity index (χ2v) is 11.4. The van der Waals surface area contributed by atoms with Gasteiger partial charge in [-0.05, 0) is 43.5 Å². The van der Waals surface area contributed by atoms with Crippen molar-refractivity contribution in [3.05, 3.63) is 82.6 Å². The number of para-hydroxylation sites is 1. The number of amides is 1. The van der Waals surface area contributed by atoms with Crippen LogP contribution in [0, 0.1) is 18.6 Å². The summed E-state index contributed by atoms with van der Waals surface area (Å²) in [6.45, 7) is 11.8. The maximum atomic E-state index is 17.1. The summed E-state index contributed by atoms with van der Waals surface area (Å²) in [5, 5.41) is 13.9. The molecule has 43 heavy (non-hydrogen) atoms. The molecular formula is C32H32F2N6O3. The Morgan fingerprint density at radius 1 is 1.19 bits per heavy atom. The minimum absolute atomic E-state index is 0.0396. The summed E-state index contributed by atoms with van der Waals surface area (Å²) in [7, 11) is 0. The maximum Gasteiger partial charge on any atom is 0.354 e. The van der Waals surface area contributed by atoms with Gasteiger partial charge in [0.2, 0.25) is 5.91 Å². The van der Waals surface area contributed by atoms with Crippen LogP contribution < -0.4 is 15.9 Å². The van der Waals surface area contributed by atoms with E-state index < -0.39 is 28.9 Å². The topological polar surface area (TPSA) is 104 Å². The Hall–Kier alpha value is -4.80. The fourth-order valence-electron chi connectivity index (χ4n) is 6.30. The van der Waals surface area contributed by atoms with Crippen LogP contribution in [-0.4, -0.2) is 62.2 Å². The number of halogens is 2.